The minimum atomic E-state index is -0.659. The summed E-state index contributed by atoms with van der Waals surface area (Å²) >= 11 is 0. The largest absolute Gasteiger partial charge is 0.466 e. The van der Waals surface area contributed by atoms with Gasteiger partial charge in [0.2, 0.25) is 0 Å². The van der Waals surface area contributed by atoms with Crippen molar-refractivity contribution in [3.8, 4) is 0 Å². The minimum Gasteiger partial charge on any atom is -0.466 e. The van der Waals surface area contributed by atoms with Crippen LogP contribution in [0.5, 0.6) is 0 Å². The quantitative estimate of drug-likeness (QED) is 0.175. The summed E-state index contributed by atoms with van der Waals surface area (Å²) in [6.07, 6.45) is 16.5. The van der Waals surface area contributed by atoms with Gasteiger partial charge in [-0.3, -0.25) is 14.4 Å². The van der Waals surface area contributed by atoms with Crippen LogP contribution in [0, 0.1) is 40.4 Å². The van der Waals surface area contributed by atoms with E-state index in [1.165, 1.54) is 0 Å². The van der Waals surface area contributed by atoms with E-state index in [1.807, 2.05) is 47.5 Å². The summed E-state index contributed by atoms with van der Waals surface area (Å²) in [5, 5.41) is 1.01. The van der Waals surface area contributed by atoms with Gasteiger partial charge in [-0.1, -0.05) is 64.1 Å². The summed E-state index contributed by atoms with van der Waals surface area (Å²) in [5.74, 6) is 0.888. The zero-order valence-corrected chi connectivity index (χ0v) is 29.0. The molecule has 1 aromatic carbocycles. The van der Waals surface area contributed by atoms with Gasteiger partial charge in [-0.05, 0) is 93.1 Å². The SMILES string of the molecule is CCOC(=O)C(C)CC=C[C@@H](C)[C@H]1CC[C@H]2C34C=CC5(CC(OCOC)CC[C@]5(C)[C@H]3CC[C@]12C)n1c(=O)c2ccccc2c(=O)n14. The van der Waals surface area contributed by atoms with Crippen molar-refractivity contribution in [3.05, 3.63) is 69.3 Å². The summed E-state index contributed by atoms with van der Waals surface area (Å²) in [6, 6.07) is 7.38. The van der Waals surface area contributed by atoms with E-state index >= 15 is 0 Å². The van der Waals surface area contributed by atoms with Gasteiger partial charge in [0.25, 0.3) is 11.1 Å². The molecular formula is C39H52N2O6. The van der Waals surface area contributed by atoms with Crippen molar-refractivity contribution in [2.24, 2.45) is 40.4 Å². The van der Waals surface area contributed by atoms with Crippen LogP contribution in [0.3, 0.4) is 0 Å². The highest BCUT2D eigenvalue weighted by molar-refractivity contribution is 5.80. The van der Waals surface area contributed by atoms with Crippen molar-refractivity contribution in [1.82, 2.24) is 9.36 Å². The van der Waals surface area contributed by atoms with Crippen molar-refractivity contribution in [2.45, 2.75) is 103 Å². The fourth-order valence-electron chi connectivity index (χ4n) is 11.7. The third-order valence-electron chi connectivity index (χ3n) is 13.8. The second-order valence-corrected chi connectivity index (χ2v) is 15.8. The van der Waals surface area contributed by atoms with Crippen LogP contribution in [-0.4, -0.2) is 41.9 Å². The summed E-state index contributed by atoms with van der Waals surface area (Å²) in [5.41, 5.74) is -1.59. The molecule has 2 aliphatic heterocycles. The number of methoxy groups -OCH3 is 1. The molecule has 0 N–H and O–H groups in total. The maximum Gasteiger partial charge on any atom is 0.308 e. The Bertz CT molecular complexity index is 1740. The van der Waals surface area contributed by atoms with E-state index in [9.17, 15) is 14.4 Å². The second kappa shape index (κ2) is 11.6. The number of allylic oxidation sites excluding steroid dienone is 4. The molecule has 4 aliphatic carbocycles. The zero-order valence-electron chi connectivity index (χ0n) is 29.0. The Balaban J connectivity index is 1.34. The first kappa shape index (κ1) is 32.6. The molecule has 2 spiro atoms. The van der Waals surface area contributed by atoms with Gasteiger partial charge >= 0.3 is 5.97 Å². The van der Waals surface area contributed by atoms with Gasteiger partial charge in [0.1, 0.15) is 6.79 Å². The molecule has 3 fully saturated rings. The highest BCUT2D eigenvalue weighted by Gasteiger charge is 2.74. The number of esters is 1. The topological polar surface area (TPSA) is 88.8 Å². The molecule has 2 aromatic rings. The fourth-order valence-corrected chi connectivity index (χ4v) is 11.7. The predicted molar refractivity (Wildman–Crippen MR) is 182 cm³/mol. The first-order chi connectivity index (χ1) is 22.5. The van der Waals surface area contributed by atoms with Crippen LogP contribution in [0.2, 0.25) is 0 Å². The van der Waals surface area contributed by atoms with E-state index in [0.29, 0.717) is 42.1 Å². The number of rotatable bonds is 9. The fraction of sp³-hybridized carbons (Fsp3) is 0.667. The summed E-state index contributed by atoms with van der Waals surface area (Å²) < 4.78 is 20.6. The van der Waals surface area contributed by atoms with Crippen LogP contribution in [0.1, 0.15) is 86.0 Å². The van der Waals surface area contributed by atoms with E-state index in [2.05, 4.69) is 45.1 Å². The molecule has 3 saturated carbocycles. The average Bonchev–Trinajstić information content (AvgIpc) is 3.43. The van der Waals surface area contributed by atoms with Crippen LogP contribution in [0.15, 0.2) is 58.2 Å². The lowest BCUT2D eigenvalue weighted by molar-refractivity contribution is -0.211. The number of hydrogen-bond donors (Lipinski definition) is 0. The Labute approximate surface area is 278 Å². The lowest BCUT2D eigenvalue weighted by Gasteiger charge is -2.72. The van der Waals surface area contributed by atoms with E-state index in [1.54, 1.807) is 7.11 Å². The molecule has 254 valence electrons. The molecule has 8 rings (SSSR count). The number of carbonyl (C=O) groups is 1. The zero-order chi connectivity index (χ0) is 33.4. The number of aromatic nitrogens is 2. The van der Waals surface area contributed by atoms with Gasteiger partial charge in [-0.15, -0.1) is 0 Å². The molecule has 1 aromatic heterocycles. The van der Waals surface area contributed by atoms with Crippen molar-refractivity contribution in [2.75, 3.05) is 20.5 Å². The minimum absolute atomic E-state index is 0.0181. The third-order valence-corrected chi connectivity index (χ3v) is 13.8. The number of nitrogens with zero attached hydrogens (tertiary/aromatic N) is 2. The van der Waals surface area contributed by atoms with Crippen molar-refractivity contribution in [1.29, 1.82) is 0 Å². The highest BCUT2D eigenvalue weighted by atomic mass is 16.7. The number of carbonyl (C=O) groups excluding carboxylic acids is 1. The van der Waals surface area contributed by atoms with Crippen LogP contribution in [0.4, 0.5) is 0 Å². The monoisotopic (exact) mass is 644 g/mol. The number of benzene rings is 1. The Morgan fingerprint density at radius 3 is 2.40 bits per heavy atom. The number of hydrogen-bond acceptors (Lipinski definition) is 6. The summed E-state index contributed by atoms with van der Waals surface area (Å²) in [7, 11) is 1.64. The van der Waals surface area contributed by atoms with E-state index in [4.69, 9.17) is 14.2 Å². The van der Waals surface area contributed by atoms with E-state index in [-0.39, 0.29) is 58.6 Å². The van der Waals surface area contributed by atoms with Gasteiger partial charge in [0, 0.05) is 18.9 Å². The van der Waals surface area contributed by atoms with Crippen LogP contribution >= 0.6 is 0 Å². The van der Waals surface area contributed by atoms with Gasteiger partial charge in [-0.25, -0.2) is 9.36 Å². The Morgan fingerprint density at radius 1 is 0.979 bits per heavy atom. The normalized spacial score (nSPS) is 38.1. The lowest BCUT2D eigenvalue weighted by Crippen LogP contribution is -2.78. The molecule has 3 heterocycles. The third kappa shape index (κ3) is 4.35. The maximum absolute atomic E-state index is 14.9. The summed E-state index contributed by atoms with van der Waals surface area (Å²) in [4.78, 5) is 41.9. The second-order valence-electron chi connectivity index (χ2n) is 15.8. The smallest absolute Gasteiger partial charge is 0.308 e. The molecular weight excluding hydrogens is 592 g/mol. The predicted octanol–water partition coefficient (Wildman–Crippen LogP) is 6.54. The van der Waals surface area contributed by atoms with Crippen LogP contribution < -0.4 is 11.1 Å². The molecule has 2 bridgehead atoms. The first-order valence-electron chi connectivity index (χ1n) is 17.9. The maximum atomic E-state index is 14.9. The Morgan fingerprint density at radius 2 is 1.70 bits per heavy atom. The Kier molecular flexibility index (Phi) is 8.02. The van der Waals surface area contributed by atoms with Gasteiger partial charge in [0.15, 0.2) is 0 Å². The lowest BCUT2D eigenvalue weighted by atomic mass is 9.40. The van der Waals surface area contributed by atoms with Gasteiger partial charge in [-0.2, -0.15) is 0 Å². The molecule has 8 heteroatoms. The molecule has 4 unspecified atom stereocenters. The highest BCUT2D eigenvalue weighted by Crippen LogP contribution is 2.74. The van der Waals surface area contributed by atoms with Crippen molar-refractivity contribution >= 4 is 16.7 Å². The number of ether oxygens (including phenoxy) is 3. The molecule has 0 radical (unpaired) electrons. The number of fused-ring (bicyclic) bond motifs is 2. The molecule has 8 nitrogen and oxygen atoms in total. The first-order valence-corrected chi connectivity index (χ1v) is 17.9. The van der Waals surface area contributed by atoms with Gasteiger partial charge in [0.05, 0.1) is 40.5 Å². The van der Waals surface area contributed by atoms with E-state index < -0.39 is 11.1 Å². The standard InChI is InChI=1S/C39H52N2O6/c1-7-46-35(44)26(3)12-10-11-25(2)30-15-16-31-36(30,4)19-18-32-37(5)20-17-27(47-24-45-6)23-38(37)21-22-39(31,32)41-34(43)29-14-9-8-13-28(29)33(42)40(38)41/h8-11,13-14,21-22,25-27,30-32H,7,12,15-20,23-24H2,1-6H3/t25-,26?,27?,30-,31-,32-,36-,37-,38?,39?/m1/s1. The van der Waals surface area contributed by atoms with Crippen LogP contribution in [0.25, 0.3) is 10.8 Å². The Hall–Kier alpha value is -2.97. The van der Waals surface area contributed by atoms with E-state index in [0.717, 1.165) is 38.5 Å². The summed E-state index contributed by atoms with van der Waals surface area (Å²) in [6.45, 7) is 11.6. The van der Waals surface area contributed by atoms with Crippen LogP contribution in [-0.2, 0) is 30.1 Å². The van der Waals surface area contributed by atoms with Crippen molar-refractivity contribution < 1.29 is 19.0 Å². The molecule has 6 aliphatic rings. The average molecular weight is 645 g/mol. The van der Waals surface area contributed by atoms with Gasteiger partial charge < -0.3 is 14.2 Å². The molecule has 10 atom stereocenters. The molecule has 0 saturated heterocycles. The van der Waals surface area contributed by atoms with Crippen molar-refractivity contribution in [3.63, 3.8) is 0 Å². The molecule has 0 amide bonds. The molecule has 47 heavy (non-hydrogen) atoms.